The first-order valence-electron chi connectivity index (χ1n) is 6.40. The third kappa shape index (κ3) is 3.68. The van der Waals surface area contributed by atoms with Gasteiger partial charge in [0.2, 0.25) is 5.91 Å². The number of hydrogen-bond acceptors (Lipinski definition) is 2. The Labute approximate surface area is 112 Å². The van der Waals surface area contributed by atoms with Gasteiger partial charge < -0.3 is 10.4 Å². The fourth-order valence-electron chi connectivity index (χ4n) is 2.26. The van der Waals surface area contributed by atoms with Crippen molar-refractivity contribution in [2.45, 2.75) is 25.3 Å². The van der Waals surface area contributed by atoms with Crippen molar-refractivity contribution in [3.8, 4) is 0 Å². The molecule has 0 radical (unpaired) electrons. The first-order valence-corrected chi connectivity index (χ1v) is 6.40. The van der Waals surface area contributed by atoms with Gasteiger partial charge in [-0.15, -0.1) is 0 Å². The Bertz CT molecular complexity index is 481. The number of amides is 1. The number of carboxylic acid groups (broad SMARTS) is 1. The van der Waals surface area contributed by atoms with Crippen LogP contribution >= 0.6 is 0 Å². The molecule has 4 heteroatoms. The molecule has 100 valence electrons. The normalized spacial score (nSPS) is 19.1. The van der Waals surface area contributed by atoms with Gasteiger partial charge in [0.1, 0.15) is 0 Å². The van der Waals surface area contributed by atoms with E-state index in [0.29, 0.717) is 12.0 Å². The van der Waals surface area contributed by atoms with Crippen LogP contribution in [0.2, 0.25) is 0 Å². The maximum Gasteiger partial charge on any atom is 0.330 e. The van der Waals surface area contributed by atoms with Gasteiger partial charge >= 0.3 is 5.97 Å². The van der Waals surface area contributed by atoms with E-state index in [1.807, 2.05) is 12.1 Å². The van der Waals surface area contributed by atoms with E-state index in [0.717, 1.165) is 12.8 Å². The monoisotopic (exact) mass is 259 g/mol. The van der Waals surface area contributed by atoms with Gasteiger partial charge in [0.05, 0.1) is 0 Å². The summed E-state index contributed by atoms with van der Waals surface area (Å²) in [7, 11) is 0. The van der Waals surface area contributed by atoms with E-state index in [2.05, 4.69) is 11.4 Å². The predicted octanol–water partition coefficient (Wildman–Crippen LogP) is 2.28. The Kier molecular flexibility index (Phi) is 4.34. The van der Waals surface area contributed by atoms with E-state index in [-0.39, 0.29) is 11.8 Å². The quantitative estimate of drug-likeness (QED) is 0.797. The van der Waals surface area contributed by atoms with E-state index in [1.165, 1.54) is 0 Å². The minimum Gasteiger partial charge on any atom is -0.479 e. The van der Waals surface area contributed by atoms with E-state index >= 15 is 0 Å². The molecule has 1 unspecified atom stereocenters. The molecule has 1 aromatic rings. The lowest BCUT2D eigenvalue weighted by Gasteiger charge is -2.16. The highest BCUT2D eigenvalue weighted by atomic mass is 16.4. The van der Waals surface area contributed by atoms with Crippen LogP contribution in [0.4, 0.5) is 0 Å². The highest BCUT2D eigenvalue weighted by Crippen LogP contribution is 2.21. The number of nitrogens with one attached hydrogen (secondary N) is 1. The van der Waals surface area contributed by atoms with Crippen molar-refractivity contribution in [2.24, 2.45) is 5.92 Å². The summed E-state index contributed by atoms with van der Waals surface area (Å²) in [6.45, 7) is 0. The topological polar surface area (TPSA) is 66.4 Å². The Morgan fingerprint density at radius 2 is 2.05 bits per heavy atom. The number of benzene rings is 1. The molecule has 0 heterocycles. The fourth-order valence-corrected chi connectivity index (χ4v) is 2.26. The number of rotatable bonds is 5. The van der Waals surface area contributed by atoms with Crippen LogP contribution in [0.15, 0.2) is 42.5 Å². The first kappa shape index (κ1) is 13.3. The van der Waals surface area contributed by atoms with E-state index in [9.17, 15) is 14.7 Å². The third-order valence-electron chi connectivity index (χ3n) is 3.25. The number of carbonyl (C=O) groups excluding carboxylic acids is 1. The Hall–Kier alpha value is -2.10. The minimum absolute atomic E-state index is 0.215. The SMILES string of the molecule is O=C(CC1C=CCC1)N[C@H](C(=O)O)c1ccccc1. The summed E-state index contributed by atoms with van der Waals surface area (Å²) in [6, 6.07) is 7.77. The summed E-state index contributed by atoms with van der Waals surface area (Å²) < 4.78 is 0. The number of carbonyl (C=O) groups is 2. The molecule has 19 heavy (non-hydrogen) atoms. The van der Waals surface area contributed by atoms with Crippen LogP contribution in [0, 0.1) is 5.92 Å². The maximum atomic E-state index is 11.9. The second kappa shape index (κ2) is 6.18. The lowest BCUT2D eigenvalue weighted by Crippen LogP contribution is -2.34. The molecule has 2 rings (SSSR count). The van der Waals surface area contributed by atoms with Crippen molar-refractivity contribution in [3.05, 3.63) is 48.0 Å². The molecule has 1 amide bonds. The number of hydrogen-bond donors (Lipinski definition) is 2. The van der Waals surface area contributed by atoms with Gasteiger partial charge in [-0.2, -0.15) is 0 Å². The van der Waals surface area contributed by atoms with Gasteiger partial charge in [0.15, 0.2) is 6.04 Å². The fraction of sp³-hybridized carbons (Fsp3) is 0.333. The van der Waals surface area contributed by atoms with Gasteiger partial charge in [-0.25, -0.2) is 4.79 Å². The molecule has 1 aliphatic carbocycles. The molecular weight excluding hydrogens is 242 g/mol. The highest BCUT2D eigenvalue weighted by molar-refractivity contribution is 5.84. The zero-order chi connectivity index (χ0) is 13.7. The Morgan fingerprint density at radius 1 is 1.32 bits per heavy atom. The number of carboxylic acids is 1. The molecular formula is C15H17NO3. The standard InChI is InChI=1S/C15H17NO3/c17-13(10-11-6-4-5-7-11)16-14(15(18)19)12-8-2-1-3-9-12/h1-4,6,8-9,11,14H,5,7,10H2,(H,16,17)(H,18,19)/t11?,14-/m0/s1. The summed E-state index contributed by atoms with van der Waals surface area (Å²) in [4.78, 5) is 23.1. The largest absolute Gasteiger partial charge is 0.479 e. The summed E-state index contributed by atoms with van der Waals surface area (Å²) in [5.74, 6) is -1.01. The third-order valence-corrected chi connectivity index (χ3v) is 3.25. The predicted molar refractivity (Wildman–Crippen MR) is 71.4 cm³/mol. The molecule has 0 aromatic heterocycles. The molecule has 2 atom stereocenters. The van der Waals surface area contributed by atoms with Crippen LogP contribution in [-0.2, 0) is 9.59 Å². The highest BCUT2D eigenvalue weighted by Gasteiger charge is 2.23. The molecule has 0 fully saturated rings. The zero-order valence-electron chi connectivity index (χ0n) is 10.6. The Morgan fingerprint density at radius 3 is 2.63 bits per heavy atom. The van der Waals surface area contributed by atoms with Crippen LogP contribution in [-0.4, -0.2) is 17.0 Å². The average molecular weight is 259 g/mol. The first-order chi connectivity index (χ1) is 9.16. The van der Waals surface area contributed by atoms with Crippen LogP contribution in [0.3, 0.4) is 0 Å². The molecule has 0 saturated heterocycles. The summed E-state index contributed by atoms with van der Waals surface area (Å²) in [5, 5.41) is 11.8. The molecule has 1 aliphatic rings. The summed E-state index contributed by atoms with van der Waals surface area (Å²) in [5.41, 5.74) is 0.588. The van der Waals surface area contributed by atoms with Gasteiger partial charge in [-0.3, -0.25) is 4.79 Å². The Balaban J connectivity index is 1.99. The molecule has 4 nitrogen and oxygen atoms in total. The molecule has 0 aliphatic heterocycles. The van der Waals surface area contributed by atoms with E-state index in [4.69, 9.17) is 0 Å². The second-order valence-electron chi connectivity index (χ2n) is 4.72. The lowest BCUT2D eigenvalue weighted by molar-refractivity contribution is -0.142. The number of allylic oxidation sites excluding steroid dienone is 2. The molecule has 0 saturated carbocycles. The van der Waals surface area contributed by atoms with Crippen molar-refractivity contribution >= 4 is 11.9 Å². The molecule has 0 spiro atoms. The number of aliphatic carboxylic acids is 1. The molecule has 0 bridgehead atoms. The maximum absolute atomic E-state index is 11.9. The zero-order valence-corrected chi connectivity index (χ0v) is 10.6. The van der Waals surface area contributed by atoms with E-state index < -0.39 is 12.0 Å². The van der Waals surface area contributed by atoms with E-state index in [1.54, 1.807) is 24.3 Å². The van der Waals surface area contributed by atoms with Crippen molar-refractivity contribution in [2.75, 3.05) is 0 Å². The van der Waals surface area contributed by atoms with Gasteiger partial charge in [0.25, 0.3) is 0 Å². The van der Waals surface area contributed by atoms with Crippen molar-refractivity contribution < 1.29 is 14.7 Å². The van der Waals surface area contributed by atoms with Crippen LogP contribution in [0.1, 0.15) is 30.9 Å². The van der Waals surface area contributed by atoms with Gasteiger partial charge in [-0.05, 0) is 24.3 Å². The van der Waals surface area contributed by atoms with Crippen molar-refractivity contribution in [3.63, 3.8) is 0 Å². The van der Waals surface area contributed by atoms with Gasteiger partial charge in [0, 0.05) is 6.42 Å². The van der Waals surface area contributed by atoms with Crippen LogP contribution < -0.4 is 5.32 Å². The van der Waals surface area contributed by atoms with Crippen LogP contribution in [0.5, 0.6) is 0 Å². The van der Waals surface area contributed by atoms with Crippen molar-refractivity contribution in [1.29, 1.82) is 0 Å². The summed E-state index contributed by atoms with van der Waals surface area (Å²) in [6.07, 6.45) is 6.41. The average Bonchev–Trinajstić information content (AvgIpc) is 2.89. The van der Waals surface area contributed by atoms with Crippen molar-refractivity contribution in [1.82, 2.24) is 5.32 Å². The van der Waals surface area contributed by atoms with Crippen LogP contribution in [0.25, 0.3) is 0 Å². The second-order valence-corrected chi connectivity index (χ2v) is 4.72. The summed E-state index contributed by atoms with van der Waals surface area (Å²) >= 11 is 0. The smallest absolute Gasteiger partial charge is 0.330 e. The van der Waals surface area contributed by atoms with Gasteiger partial charge in [-0.1, -0.05) is 42.5 Å². The lowest BCUT2D eigenvalue weighted by atomic mass is 10.0. The molecule has 1 aromatic carbocycles. The molecule has 2 N–H and O–H groups in total. The minimum atomic E-state index is -1.04.